The molecule has 0 aliphatic rings. The van der Waals surface area contributed by atoms with Gasteiger partial charge in [-0.1, -0.05) is 49.4 Å². The smallest absolute Gasteiger partial charge is 0.0515 e. The minimum Gasteiger partial charge on any atom is -0.393 e. The molecule has 2 aromatic carbocycles. The quantitative estimate of drug-likeness (QED) is 0.835. The molecule has 20 heavy (non-hydrogen) atoms. The third-order valence-electron chi connectivity index (χ3n) is 3.81. The number of aliphatic hydroxyl groups excluding tert-OH is 1. The summed E-state index contributed by atoms with van der Waals surface area (Å²) < 4.78 is 0. The summed E-state index contributed by atoms with van der Waals surface area (Å²) >= 11 is 0. The Hall–Kier alpha value is -1.38. The molecule has 0 heterocycles. The number of rotatable bonds is 6. The SMILES string of the molecule is CC(O)CC(C)CNC(C)c1cccc2ccccc12. The fourth-order valence-corrected chi connectivity index (χ4v) is 2.78. The fourth-order valence-electron chi connectivity index (χ4n) is 2.78. The number of fused-ring (bicyclic) bond motifs is 1. The molecule has 108 valence electrons. The van der Waals surface area contributed by atoms with Crippen molar-refractivity contribution in [3.05, 3.63) is 48.0 Å². The highest BCUT2D eigenvalue weighted by atomic mass is 16.3. The first-order chi connectivity index (χ1) is 9.58. The molecule has 2 N–H and O–H groups in total. The van der Waals surface area contributed by atoms with Crippen LogP contribution >= 0.6 is 0 Å². The Kier molecular flexibility index (Phi) is 5.16. The number of aliphatic hydroxyl groups is 1. The van der Waals surface area contributed by atoms with Crippen LogP contribution in [0.25, 0.3) is 10.8 Å². The van der Waals surface area contributed by atoms with Crippen LogP contribution in [-0.2, 0) is 0 Å². The average Bonchev–Trinajstić information content (AvgIpc) is 2.43. The van der Waals surface area contributed by atoms with Crippen LogP contribution in [0.4, 0.5) is 0 Å². The molecule has 0 saturated heterocycles. The van der Waals surface area contributed by atoms with Gasteiger partial charge in [0.2, 0.25) is 0 Å². The van der Waals surface area contributed by atoms with Crippen molar-refractivity contribution in [2.75, 3.05) is 6.54 Å². The van der Waals surface area contributed by atoms with Gasteiger partial charge in [0.25, 0.3) is 0 Å². The maximum atomic E-state index is 9.42. The normalized spacial score (nSPS) is 16.0. The van der Waals surface area contributed by atoms with Gasteiger partial charge in [0.05, 0.1) is 6.10 Å². The highest BCUT2D eigenvalue weighted by Gasteiger charge is 2.11. The molecule has 0 amide bonds. The largest absolute Gasteiger partial charge is 0.393 e. The second-order valence-corrected chi connectivity index (χ2v) is 5.89. The van der Waals surface area contributed by atoms with Gasteiger partial charge in [-0.25, -0.2) is 0 Å². The summed E-state index contributed by atoms with van der Waals surface area (Å²) in [5.74, 6) is 0.479. The summed E-state index contributed by atoms with van der Waals surface area (Å²) in [6.45, 7) is 7.16. The van der Waals surface area contributed by atoms with E-state index in [2.05, 4.69) is 61.6 Å². The molecule has 0 radical (unpaired) electrons. The Morgan fingerprint density at radius 3 is 2.45 bits per heavy atom. The van der Waals surface area contributed by atoms with Gasteiger partial charge in [-0.15, -0.1) is 0 Å². The van der Waals surface area contributed by atoms with E-state index >= 15 is 0 Å². The molecule has 0 saturated carbocycles. The van der Waals surface area contributed by atoms with E-state index in [0.717, 1.165) is 13.0 Å². The maximum absolute atomic E-state index is 9.42. The number of hydrogen-bond acceptors (Lipinski definition) is 2. The standard InChI is InChI=1S/C18H25NO/c1-13(11-14(2)20)12-19-15(3)17-10-6-8-16-7-4-5-9-18(16)17/h4-10,13-15,19-20H,11-12H2,1-3H3. The Morgan fingerprint density at radius 1 is 1.00 bits per heavy atom. The second kappa shape index (κ2) is 6.87. The van der Waals surface area contributed by atoms with Crippen LogP contribution in [0.15, 0.2) is 42.5 Å². The van der Waals surface area contributed by atoms with Crippen molar-refractivity contribution in [1.82, 2.24) is 5.32 Å². The molecular weight excluding hydrogens is 246 g/mol. The Bertz CT molecular complexity index is 545. The molecule has 0 bridgehead atoms. The summed E-state index contributed by atoms with van der Waals surface area (Å²) in [6, 6.07) is 15.3. The third kappa shape index (κ3) is 3.81. The van der Waals surface area contributed by atoms with E-state index < -0.39 is 0 Å². The van der Waals surface area contributed by atoms with Gasteiger partial charge in [0.15, 0.2) is 0 Å². The fraction of sp³-hybridized carbons (Fsp3) is 0.444. The first-order valence-electron chi connectivity index (χ1n) is 7.47. The lowest BCUT2D eigenvalue weighted by atomic mass is 9.98. The van der Waals surface area contributed by atoms with Crippen molar-refractivity contribution < 1.29 is 5.11 Å². The summed E-state index contributed by atoms with van der Waals surface area (Å²) in [4.78, 5) is 0. The van der Waals surface area contributed by atoms with E-state index in [1.807, 2.05) is 6.92 Å². The first kappa shape index (κ1) is 15.0. The molecule has 2 heteroatoms. The molecule has 0 aliphatic carbocycles. The average molecular weight is 271 g/mol. The van der Waals surface area contributed by atoms with Crippen molar-refractivity contribution in [2.45, 2.75) is 39.3 Å². The minimum absolute atomic E-state index is 0.223. The van der Waals surface area contributed by atoms with Crippen LogP contribution in [0.1, 0.15) is 38.8 Å². The van der Waals surface area contributed by atoms with Gasteiger partial charge < -0.3 is 10.4 Å². The van der Waals surface area contributed by atoms with Gasteiger partial charge in [0.1, 0.15) is 0 Å². The van der Waals surface area contributed by atoms with Crippen molar-refractivity contribution in [2.24, 2.45) is 5.92 Å². The second-order valence-electron chi connectivity index (χ2n) is 5.89. The highest BCUT2D eigenvalue weighted by molar-refractivity contribution is 5.86. The summed E-state index contributed by atoms with van der Waals surface area (Å²) in [6.07, 6.45) is 0.620. The minimum atomic E-state index is -0.223. The Balaban J connectivity index is 2.06. The van der Waals surface area contributed by atoms with Gasteiger partial charge in [-0.2, -0.15) is 0 Å². The van der Waals surface area contributed by atoms with Crippen LogP contribution in [-0.4, -0.2) is 17.8 Å². The van der Waals surface area contributed by atoms with Gasteiger partial charge in [-0.05, 0) is 49.1 Å². The van der Waals surface area contributed by atoms with Gasteiger partial charge >= 0.3 is 0 Å². The van der Waals surface area contributed by atoms with E-state index in [4.69, 9.17) is 0 Å². The lowest BCUT2D eigenvalue weighted by Gasteiger charge is -2.20. The number of hydrogen-bond donors (Lipinski definition) is 2. The Labute approximate surface area is 121 Å². The van der Waals surface area contributed by atoms with Crippen LogP contribution in [0.5, 0.6) is 0 Å². The number of benzene rings is 2. The molecule has 3 atom stereocenters. The van der Waals surface area contributed by atoms with Crippen LogP contribution < -0.4 is 5.32 Å². The zero-order chi connectivity index (χ0) is 14.5. The monoisotopic (exact) mass is 271 g/mol. The lowest BCUT2D eigenvalue weighted by molar-refractivity contribution is 0.162. The van der Waals surface area contributed by atoms with Crippen molar-refractivity contribution in [3.8, 4) is 0 Å². The molecule has 3 unspecified atom stereocenters. The van der Waals surface area contributed by atoms with E-state index in [0.29, 0.717) is 12.0 Å². The zero-order valence-corrected chi connectivity index (χ0v) is 12.6. The Morgan fingerprint density at radius 2 is 1.70 bits per heavy atom. The lowest BCUT2D eigenvalue weighted by Crippen LogP contribution is -2.26. The molecule has 0 spiro atoms. The van der Waals surface area contributed by atoms with E-state index in [9.17, 15) is 5.11 Å². The molecule has 0 aromatic heterocycles. The van der Waals surface area contributed by atoms with E-state index in [1.54, 1.807) is 0 Å². The molecular formula is C18H25NO. The van der Waals surface area contributed by atoms with Crippen molar-refractivity contribution >= 4 is 10.8 Å². The summed E-state index contributed by atoms with van der Waals surface area (Å²) in [7, 11) is 0. The molecule has 2 nitrogen and oxygen atoms in total. The topological polar surface area (TPSA) is 32.3 Å². The van der Waals surface area contributed by atoms with E-state index in [-0.39, 0.29) is 6.10 Å². The predicted molar refractivity (Wildman–Crippen MR) is 85.8 cm³/mol. The predicted octanol–water partition coefficient (Wildman–Crippen LogP) is 3.90. The summed E-state index contributed by atoms with van der Waals surface area (Å²) in [5, 5.41) is 15.6. The van der Waals surface area contributed by atoms with Crippen LogP contribution in [0.3, 0.4) is 0 Å². The van der Waals surface area contributed by atoms with Gasteiger partial charge in [-0.3, -0.25) is 0 Å². The molecule has 2 rings (SSSR count). The van der Waals surface area contributed by atoms with Crippen molar-refractivity contribution in [3.63, 3.8) is 0 Å². The van der Waals surface area contributed by atoms with Crippen LogP contribution in [0.2, 0.25) is 0 Å². The third-order valence-corrected chi connectivity index (χ3v) is 3.81. The zero-order valence-electron chi connectivity index (χ0n) is 12.6. The summed E-state index contributed by atoms with van der Waals surface area (Å²) in [5.41, 5.74) is 1.34. The highest BCUT2D eigenvalue weighted by Crippen LogP contribution is 2.24. The van der Waals surface area contributed by atoms with E-state index in [1.165, 1.54) is 16.3 Å². The molecule has 0 fully saturated rings. The maximum Gasteiger partial charge on any atom is 0.0515 e. The van der Waals surface area contributed by atoms with Crippen LogP contribution in [0, 0.1) is 5.92 Å². The van der Waals surface area contributed by atoms with Crippen molar-refractivity contribution in [1.29, 1.82) is 0 Å². The molecule has 2 aromatic rings. The molecule has 0 aliphatic heterocycles. The number of nitrogens with one attached hydrogen (secondary N) is 1. The van der Waals surface area contributed by atoms with Gasteiger partial charge in [0, 0.05) is 6.04 Å². The first-order valence-corrected chi connectivity index (χ1v) is 7.47.